The summed E-state index contributed by atoms with van der Waals surface area (Å²) in [7, 11) is 0. The maximum absolute atomic E-state index is 2.40. The van der Waals surface area contributed by atoms with Crippen LogP contribution in [-0.4, -0.2) is 0 Å². The minimum absolute atomic E-state index is 0. The van der Waals surface area contributed by atoms with E-state index < -0.39 is 0 Å². The summed E-state index contributed by atoms with van der Waals surface area (Å²) < 4.78 is 0.359. The van der Waals surface area contributed by atoms with E-state index in [9.17, 15) is 0 Å². The average molecular weight is 518 g/mol. The van der Waals surface area contributed by atoms with Crippen LogP contribution in [0.1, 0.15) is 31.4 Å². The first kappa shape index (κ1) is 17.3. The molecule has 0 aliphatic heterocycles. The van der Waals surface area contributed by atoms with Gasteiger partial charge in [-0.1, -0.05) is 0 Å². The Kier molecular flexibility index (Phi) is 7.60. The zero-order chi connectivity index (χ0) is 10.2. The average Bonchev–Trinajstić information content (AvgIpc) is 2.44. The van der Waals surface area contributed by atoms with Crippen LogP contribution in [-0.2, 0) is 27.8 Å². The van der Waals surface area contributed by atoms with Gasteiger partial charge in [0.15, 0.2) is 0 Å². The molecule has 1 aliphatic carbocycles. The smallest absolute Gasteiger partial charge is 0.107 e. The number of halogens is 2. The molecule has 0 nitrogen and oxygen atoms in total. The summed E-state index contributed by atoms with van der Waals surface area (Å²) in [4.78, 5) is 0. The van der Waals surface area contributed by atoms with E-state index in [1.165, 1.54) is 17.5 Å². The molecule has 1 atom stereocenters. The molecule has 0 spiro atoms. The zero-order valence-corrected chi connectivity index (χ0v) is 16.7. The Morgan fingerprint density at radius 2 is 1.81 bits per heavy atom. The monoisotopic (exact) mass is 517 g/mol. The van der Waals surface area contributed by atoms with Crippen LogP contribution in [0.25, 0.3) is 6.08 Å². The summed E-state index contributed by atoms with van der Waals surface area (Å²) in [6.45, 7) is 4.61. The molecule has 0 fully saturated rings. The van der Waals surface area contributed by atoms with Crippen molar-refractivity contribution in [2.75, 3.05) is 0 Å². The second kappa shape index (κ2) is 7.03. The number of rotatable bonds is 2. The molecular weight excluding hydrogens is 501 g/mol. The van der Waals surface area contributed by atoms with Gasteiger partial charge in [0.25, 0.3) is 0 Å². The standard InChI is InChI=1S/C13H15.2HI.Zr/c1-10(2)9-12-8-7-11-5-3-4-6-13(11)12;;;/h3-8,10H,9H2,1-2H3;2*1H;. The van der Waals surface area contributed by atoms with Gasteiger partial charge in [-0.3, -0.25) is 0 Å². The third-order valence-corrected chi connectivity index (χ3v) is 4.29. The number of hydrogen-bond acceptors (Lipinski definition) is 0. The van der Waals surface area contributed by atoms with Gasteiger partial charge in [-0.25, -0.2) is 0 Å². The van der Waals surface area contributed by atoms with Crippen LogP contribution in [0.5, 0.6) is 0 Å². The predicted molar refractivity (Wildman–Crippen MR) is 87.4 cm³/mol. The van der Waals surface area contributed by atoms with Gasteiger partial charge in [0.2, 0.25) is 0 Å². The molecule has 0 amide bonds. The van der Waals surface area contributed by atoms with E-state index >= 15 is 0 Å². The van der Waals surface area contributed by atoms with Gasteiger partial charge in [-0.05, 0) is 0 Å². The molecule has 0 bridgehead atoms. The molecule has 0 heterocycles. The van der Waals surface area contributed by atoms with Gasteiger partial charge < -0.3 is 0 Å². The van der Waals surface area contributed by atoms with Crippen molar-refractivity contribution in [1.82, 2.24) is 0 Å². The maximum Gasteiger partial charge on any atom is -0.107 e. The third kappa shape index (κ3) is 3.65. The Labute approximate surface area is 148 Å². The van der Waals surface area contributed by atoms with Gasteiger partial charge in [-0.2, -0.15) is 0 Å². The second-order valence-electron chi connectivity index (χ2n) is 4.49. The van der Waals surface area contributed by atoms with Gasteiger partial charge >= 0.3 is 102 Å². The van der Waals surface area contributed by atoms with E-state index in [0.717, 1.165) is 5.92 Å². The first-order chi connectivity index (χ1) is 6.62. The van der Waals surface area contributed by atoms with E-state index in [1.807, 2.05) is 0 Å². The number of allylic oxidation sites excluding steroid dienone is 1. The van der Waals surface area contributed by atoms with Gasteiger partial charge in [0.05, 0.1) is 0 Å². The molecule has 1 unspecified atom stereocenters. The SMILES string of the molecule is CC(C)C[C]1([Zr])C=Cc2ccccc21.I.I. The topological polar surface area (TPSA) is 0 Å². The van der Waals surface area contributed by atoms with Crippen LogP contribution in [0, 0.1) is 5.92 Å². The number of fused-ring (bicyclic) bond motifs is 1. The molecule has 1 aromatic carbocycles. The van der Waals surface area contributed by atoms with Crippen molar-refractivity contribution in [2.24, 2.45) is 5.92 Å². The van der Waals surface area contributed by atoms with Crippen molar-refractivity contribution in [2.45, 2.75) is 23.4 Å². The van der Waals surface area contributed by atoms with Gasteiger partial charge in [0, 0.05) is 0 Å². The third-order valence-electron chi connectivity index (χ3n) is 2.72. The Bertz CT molecular complexity index is 374. The van der Waals surface area contributed by atoms with E-state index in [2.05, 4.69) is 50.3 Å². The molecule has 0 radical (unpaired) electrons. The van der Waals surface area contributed by atoms with E-state index in [-0.39, 0.29) is 48.0 Å². The summed E-state index contributed by atoms with van der Waals surface area (Å²) in [6.07, 6.45) is 5.96. The normalized spacial score (nSPS) is 21.1. The molecule has 0 aromatic heterocycles. The van der Waals surface area contributed by atoms with Crippen LogP contribution < -0.4 is 0 Å². The van der Waals surface area contributed by atoms with E-state index in [4.69, 9.17) is 0 Å². The van der Waals surface area contributed by atoms with Gasteiger partial charge in [-0.15, -0.1) is 48.0 Å². The largest absolute Gasteiger partial charge is 0.107 e. The van der Waals surface area contributed by atoms with Crippen LogP contribution in [0.2, 0.25) is 0 Å². The summed E-state index contributed by atoms with van der Waals surface area (Å²) in [5.74, 6) is 0.769. The fourth-order valence-electron chi connectivity index (χ4n) is 2.19. The maximum atomic E-state index is 2.40. The van der Waals surface area contributed by atoms with Crippen molar-refractivity contribution < 1.29 is 24.7 Å². The number of hydrogen-bond donors (Lipinski definition) is 0. The number of benzene rings is 1. The molecule has 2 rings (SSSR count). The zero-order valence-electron chi connectivity index (χ0n) is 9.57. The quantitative estimate of drug-likeness (QED) is 0.497. The Hall–Kier alpha value is 1.30. The minimum atomic E-state index is 0. The van der Waals surface area contributed by atoms with Crippen LogP contribution >= 0.6 is 48.0 Å². The fraction of sp³-hybridized carbons (Fsp3) is 0.385. The second-order valence-corrected chi connectivity index (χ2v) is 6.68. The molecule has 0 saturated heterocycles. The molecule has 1 aliphatic rings. The van der Waals surface area contributed by atoms with E-state index in [1.54, 1.807) is 24.7 Å². The summed E-state index contributed by atoms with van der Waals surface area (Å²) in [5, 5.41) is 0. The Morgan fingerprint density at radius 1 is 1.19 bits per heavy atom. The molecule has 0 N–H and O–H groups in total. The first-order valence-electron chi connectivity index (χ1n) is 5.15. The van der Waals surface area contributed by atoms with Crippen molar-refractivity contribution in [3.05, 3.63) is 41.5 Å². The van der Waals surface area contributed by atoms with Crippen LogP contribution in [0.3, 0.4) is 0 Å². The predicted octanol–water partition coefficient (Wildman–Crippen LogP) is 4.74. The molecule has 87 valence electrons. The molecule has 3 heteroatoms. The molecule has 16 heavy (non-hydrogen) atoms. The van der Waals surface area contributed by atoms with Crippen LogP contribution in [0.4, 0.5) is 0 Å². The Balaban J connectivity index is 0.00000112. The molecule has 0 saturated carbocycles. The summed E-state index contributed by atoms with van der Waals surface area (Å²) in [5.41, 5.74) is 2.96. The summed E-state index contributed by atoms with van der Waals surface area (Å²) >= 11 is 1.61. The van der Waals surface area contributed by atoms with Crippen molar-refractivity contribution >= 4 is 54.0 Å². The first-order valence-corrected chi connectivity index (χ1v) is 6.38. The molecule has 1 aromatic rings. The van der Waals surface area contributed by atoms with Gasteiger partial charge in [0.1, 0.15) is 0 Å². The van der Waals surface area contributed by atoms with Crippen molar-refractivity contribution in [3.63, 3.8) is 0 Å². The van der Waals surface area contributed by atoms with Crippen molar-refractivity contribution in [3.8, 4) is 0 Å². The molecular formula is C13H17I2Zr. The fourth-order valence-corrected chi connectivity index (χ4v) is 3.96. The minimum Gasteiger partial charge on any atom is -0.107 e. The summed E-state index contributed by atoms with van der Waals surface area (Å²) in [6, 6.07) is 8.79. The van der Waals surface area contributed by atoms with E-state index in [0.29, 0.717) is 3.12 Å². The van der Waals surface area contributed by atoms with Crippen molar-refractivity contribution in [1.29, 1.82) is 0 Å². The van der Waals surface area contributed by atoms with Crippen LogP contribution in [0.15, 0.2) is 30.3 Å². The Morgan fingerprint density at radius 3 is 2.44 bits per heavy atom.